The quantitative estimate of drug-likeness (QED) is 0.242. The molecule has 7 heteroatoms. The predicted molar refractivity (Wildman–Crippen MR) is 124 cm³/mol. The lowest BCUT2D eigenvalue weighted by molar-refractivity contribution is 0.0955. The van der Waals surface area contributed by atoms with E-state index in [-0.39, 0.29) is 5.91 Å². The van der Waals surface area contributed by atoms with Crippen LogP contribution in [0.3, 0.4) is 0 Å². The lowest BCUT2D eigenvalue weighted by Crippen LogP contribution is -2.17. The Hall–Kier alpha value is -3.16. The lowest BCUT2D eigenvalue weighted by Gasteiger charge is -2.04. The van der Waals surface area contributed by atoms with Crippen LogP contribution >= 0.6 is 23.1 Å². The van der Waals surface area contributed by atoms with Gasteiger partial charge < -0.3 is 4.74 Å². The fourth-order valence-electron chi connectivity index (χ4n) is 2.81. The molecule has 0 saturated heterocycles. The van der Waals surface area contributed by atoms with E-state index in [1.807, 2.05) is 66.7 Å². The second kappa shape index (κ2) is 9.56. The lowest BCUT2D eigenvalue weighted by atomic mass is 10.1. The SMILES string of the molecule is COc1ccccc1C=NNC(=O)c1ccc(CSc2nc3ccccc3s2)cc1. The van der Waals surface area contributed by atoms with Crippen molar-refractivity contribution in [1.29, 1.82) is 0 Å². The third-order valence-electron chi connectivity index (χ3n) is 4.36. The summed E-state index contributed by atoms with van der Waals surface area (Å²) in [6.07, 6.45) is 1.57. The van der Waals surface area contributed by atoms with Gasteiger partial charge in [0, 0.05) is 16.9 Å². The molecule has 1 amide bonds. The second-order valence-electron chi connectivity index (χ2n) is 6.37. The normalized spacial score (nSPS) is 11.1. The third kappa shape index (κ3) is 4.87. The maximum Gasteiger partial charge on any atom is 0.271 e. The Morgan fingerprint density at radius 2 is 1.87 bits per heavy atom. The summed E-state index contributed by atoms with van der Waals surface area (Å²) in [5, 5.41) is 4.03. The third-order valence-corrected chi connectivity index (χ3v) is 6.61. The number of benzene rings is 3. The van der Waals surface area contributed by atoms with Gasteiger partial charge in [0.1, 0.15) is 5.75 Å². The summed E-state index contributed by atoms with van der Waals surface area (Å²) in [6, 6.07) is 23.1. The van der Waals surface area contributed by atoms with Crippen LogP contribution in [-0.2, 0) is 5.75 Å². The highest BCUT2D eigenvalue weighted by Gasteiger charge is 2.07. The molecule has 0 unspecified atom stereocenters. The molecule has 4 aromatic rings. The number of rotatable bonds is 7. The van der Waals surface area contributed by atoms with E-state index in [1.54, 1.807) is 36.4 Å². The topological polar surface area (TPSA) is 63.6 Å². The van der Waals surface area contributed by atoms with Gasteiger partial charge in [0.15, 0.2) is 4.34 Å². The van der Waals surface area contributed by atoms with Gasteiger partial charge in [-0.15, -0.1) is 11.3 Å². The minimum Gasteiger partial charge on any atom is -0.496 e. The number of carbonyl (C=O) groups is 1. The number of hydrazone groups is 1. The van der Waals surface area contributed by atoms with Gasteiger partial charge in [-0.2, -0.15) is 5.10 Å². The zero-order chi connectivity index (χ0) is 20.8. The molecule has 3 aromatic carbocycles. The van der Waals surface area contributed by atoms with E-state index < -0.39 is 0 Å². The Morgan fingerprint density at radius 3 is 2.67 bits per heavy atom. The first-order valence-corrected chi connectivity index (χ1v) is 11.1. The van der Waals surface area contributed by atoms with Crippen molar-refractivity contribution in [1.82, 2.24) is 10.4 Å². The van der Waals surface area contributed by atoms with E-state index in [4.69, 9.17) is 4.74 Å². The molecule has 0 atom stereocenters. The summed E-state index contributed by atoms with van der Waals surface area (Å²) in [6.45, 7) is 0. The number of hydrogen-bond acceptors (Lipinski definition) is 6. The number of carbonyl (C=O) groups excluding carboxylic acids is 1. The summed E-state index contributed by atoms with van der Waals surface area (Å²) >= 11 is 3.40. The van der Waals surface area contributed by atoms with E-state index in [0.717, 1.165) is 26.7 Å². The van der Waals surface area contributed by atoms with Crippen molar-refractivity contribution in [3.8, 4) is 5.75 Å². The summed E-state index contributed by atoms with van der Waals surface area (Å²) in [7, 11) is 1.60. The summed E-state index contributed by atoms with van der Waals surface area (Å²) < 4.78 is 7.50. The number of fused-ring (bicyclic) bond motifs is 1. The zero-order valence-electron chi connectivity index (χ0n) is 16.2. The molecule has 150 valence electrons. The Kier molecular flexibility index (Phi) is 6.41. The van der Waals surface area contributed by atoms with Crippen LogP contribution in [0.25, 0.3) is 10.2 Å². The van der Waals surface area contributed by atoms with Crippen LogP contribution in [0.4, 0.5) is 0 Å². The maximum absolute atomic E-state index is 12.3. The van der Waals surface area contributed by atoms with E-state index in [2.05, 4.69) is 21.6 Å². The van der Waals surface area contributed by atoms with Crippen LogP contribution < -0.4 is 10.2 Å². The highest BCUT2D eigenvalue weighted by atomic mass is 32.2. The molecule has 5 nitrogen and oxygen atoms in total. The van der Waals surface area contributed by atoms with Gasteiger partial charge in [0.2, 0.25) is 0 Å². The van der Waals surface area contributed by atoms with Gasteiger partial charge in [-0.05, 0) is 42.0 Å². The first-order chi connectivity index (χ1) is 14.7. The molecule has 0 aliphatic rings. The Balaban J connectivity index is 1.33. The summed E-state index contributed by atoms with van der Waals surface area (Å²) in [5.41, 5.74) is 6.07. The number of ether oxygens (including phenoxy) is 1. The number of methoxy groups -OCH3 is 1. The molecule has 0 aliphatic carbocycles. The van der Waals surface area contributed by atoms with Crippen LogP contribution in [0.15, 0.2) is 82.2 Å². The fraction of sp³-hybridized carbons (Fsp3) is 0.0870. The Bertz CT molecular complexity index is 1150. The summed E-state index contributed by atoms with van der Waals surface area (Å²) in [4.78, 5) is 16.9. The van der Waals surface area contributed by atoms with E-state index >= 15 is 0 Å². The van der Waals surface area contributed by atoms with Gasteiger partial charge in [-0.1, -0.05) is 48.2 Å². The van der Waals surface area contributed by atoms with Crippen LogP contribution in [0, 0.1) is 0 Å². The molecule has 0 spiro atoms. The van der Waals surface area contributed by atoms with Crippen LogP contribution in [0.1, 0.15) is 21.5 Å². The first-order valence-electron chi connectivity index (χ1n) is 9.26. The van der Waals surface area contributed by atoms with Crippen molar-refractivity contribution in [2.24, 2.45) is 5.10 Å². The fourth-order valence-corrected chi connectivity index (χ4v) is 4.83. The number of nitrogens with zero attached hydrogens (tertiary/aromatic N) is 2. The maximum atomic E-state index is 12.3. The minimum atomic E-state index is -0.258. The zero-order valence-corrected chi connectivity index (χ0v) is 17.9. The van der Waals surface area contributed by atoms with E-state index in [0.29, 0.717) is 11.3 Å². The standard InChI is InChI=1S/C23H19N3O2S2/c1-28-20-8-4-2-6-18(20)14-24-26-22(27)17-12-10-16(11-13-17)15-29-23-25-19-7-3-5-9-21(19)30-23/h2-14H,15H2,1H3,(H,26,27). The monoisotopic (exact) mass is 433 g/mol. The Morgan fingerprint density at radius 1 is 1.10 bits per heavy atom. The molecule has 1 aromatic heterocycles. The Labute approximate surface area is 182 Å². The molecule has 4 rings (SSSR count). The number of amides is 1. The van der Waals surface area contributed by atoms with E-state index in [9.17, 15) is 4.79 Å². The average Bonchev–Trinajstić information content (AvgIpc) is 3.21. The van der Waals surface area contributed by atoms with E-state index in [1.165, 1.54) is 4.70 Å². The molecule has 1 heterocycles. The number of thiazole rings is 1. The molecule has 0 radical (unpaired) electrons. The van der Waals surface area contributed by atoms with Gasteiger partial charge in [0.25, 0.3) is 5.91 Å². The molecule has 0 saturated carbocycles. The minimum absolute atomic E-state index is 0.258. The van der Waals surface area contributed by atoms with Crippen molar-refractivity contribution in [2.45, 2.75) is 10.1 Å². The van der Waals surface area contributed by atoms with Crippen LogP contribution in [-0.4, -0.2) is 24.2 Å². The predicted octanol–water partition coefficient (Wildman–Crippen LogP) is 5.36. The highest BCUT2D eigenvalue weighted by Crippen LogP contribution is 2.31. The number of nitrogens with one attached hydrogen (secondary N) is 1. The summed E-state index contributed by atoms with van der Waals surface area (Å²) in [5.74, 6) is 1.24. The van der Waals surface area contributed by atoms with Crippen molar-refractivity contribution < 1.29 is 9.53 Å². The first kappa shape index (κ1) is 20.1. The molecule has 0 fully saturated rings. The molecule has 0 aliphatic heterocycles. The largest absolute Gasteiger partial charge is 0.496 e. The van der Waals surface area contributed by atoms with Gasteiger partial charge >= 0.3 is 0 Å². The number of aromatic nitrogens is 1. The van der Waals surface area contributed by atoms with Crippen LogP contribution in [0.5, 0.6) is 5.75 Å². The number of thioether (sulfide) groups is 1. The van der Waals surface area contributed by atoms with Crippen molar-refractivity contribution in [3.63, 3.8) is 0 Å². The van der Waals surface area contributed by atoms with Crippen molar-refractivity contribution >= 4 is 45.4 Å². The number of hydrogen-bond donors (Lipinski definition) is 1. The molecule has 0 bridgehead atoms. The smallest absolute Gasteiger partial charge is 0.271 e. The highest BCUT2D eigenvalue weighted by molar-refractivity contribution is 8.00. The average molecular weight is 434 g/mol. The number of para-hydroxylation sites is 2. The van der Waals surface area contributed by atoms with Gasteiger partial charge in [-0.3, -0.25) is 4.79 Å². The molecular formula is C23H19N3O2S2. The van der Waals surface area contributed by atoms with Crippen molar-refractivity contribution in [3.05, 3.63) is 89.5 Å². The van der Waals surface area contributed by atoms with Gasteiger partial charge in [0.05, 0.1) is 23.5 Å². The van der Waals surface area contributed by atoms with Gasteiger partial charge in [-0.25, -0.2) is 10.4 Å². The molecule has 1 N–H and O–H groups in total. The second-order valence-corrected chi connectivity index (χ2v) is 8.63. The molecular weight excluding hydrogens is 414 g/mol. The van der Waals surface area contributed by atoms with Crippen LogP contribution in [0.2, 0.25) is 0 Å². The molecule has 30 heavy (non-hydrogen) atoms. The van der Waals surface area contributed by atoms with Crippen molar-refractivity contribution in [2.75, 3.05) is 7.11 Å².